The topological polar surface area (TPSA) is 88.3 Å². The second-order valence-electron chi connectivity index (χ2n) is 5.39. The van der Waals surface area contributed by atoms with E-state index in [1.54, 1.807) is 24.3 Å². The van der Waals surface area contributed by atoms with Crippen molar-refractivity contribution in [3.63, 3.8) is 0 Å². The highest BCUT2D eigenvalue weighted by atomic mass is 16.2. The number of aromatic nitrogens is 5. The number of amides is 1. The maximum atomic E-state index is 12.5. The molecule has 0 aliphatic heterocycles. The molecule has 0 unspecified atom stereocenters. The zero-order chi connectivity index (χ0) is 16.4. The number of aryl methyl sites for hydroxylation is 2. The molecule has 0 radical (unpaired) electrons. The first-order chi connectivity index (χ1) is 11.1. The van der Waals surface area contributed by atoms with Crippen LogP contribution in [0.1, 0.15) is 22.6 Å². The second-order valence-corrected chi connectivity index (χ2v) is 5.39. The number of aromatic amines is 1. The van der Waals surface area contributed by atoms with Crippen molar-refractivity contribution in [2.24, 2.45) is 0 Å². The molecule has 8 heteroatoms. The van der Waals surface area contributed by atoms with Gasteiger partial charge >= 0.3 is 0 Å². The van der Waals surface area contributed by atoms with Crippen LogP contribution in [0.3, 0.4) is 0 Å². The van der Waals surface area contributed by atoms with E-state index in [0.717, 1.165) is 18.8 Å². The van der Waals surface area contributed by atoms with Crippen molar-refractivity contribution < 1.29 is 4.79 Å². The van der Waals surface area contributed by atoms with Crippen molar-refractivity contribution in [1.29, 1.82) is 0 Å². The summed E-state index contributed by atoms with van der Waals surface area (Å²) in [5.74, 6) is 0.743. The zero-order valence-corrected chi connectivity index (χ0v) is 13.1. The van der Waals surface area contributed by atoms with Gasteiger partial charge in [0.25, 0.3) is 11.5 Å². The van der Waals surface area contributed by atoms with Gasteiger partial charge in [-0.3, -0.25) is 9.59 Å². The predicted molar refractivity (Wildman–Crippen MR) is 84.4 cm³/mol. The highest BCUT2D eigenvalue weighted by Crippen LogP contribution is 2.09. The molecule has 0 fully saturated rings. The van der Waals surface area contributed by atoms with Gasteiger partial charge in [-0.25, -0.2) is 9.50 Å². The maximum Gasteiger partial charge on any atom is 0.274 e. The van der Waals surface area contributed by atoms with E-state index in [1.165, 1.54) is 16.9 Å². The monoisotopic (exact) mass is 314 g/mol. The molecule has 0 atom stereocenters. The molecule has 23 heavy (non-hydrogen) atoms. The first kappa shape index (κ1) is 15.0. The molecular formula is C15H18N6O2. The molecule has 120 valence electrons. The molecule has 0 aromatic carbocycles. The third kappa shape index (κ3) is 2.87. The predicted octanol–water partition coefficient (Wildman–Crippen LogP) is 0.690. The molecule has 0 saturated heterocycles. The van der Waals surface area contributed by atoms with Gasteiger partial charge in [-0.05, 0) is 13.3 Å². The van der Waals surface area contributed by atoms with E-state index < -0.39 is 0 Å². The summed E-state index contributed by atoms with van der Waals surface area (Å²) >= 11 is 0. The number of carbonyl (C=O) groups is 1. The van der Waals surface area contributed by atoms with E-state index in [1.807, 2.05) is 17.7 Å². The maximum absolute atomic E-state index is 12.5. The van der Waals surface area contributed by atoms with Gasteiger partial charge in [0, 0.05) is 44.9 Å². The number of imidazole rings is 1. The Morgan fingerprint density at radius 3 is 2.96 bits per heavy atom. The number of hydrogen-bond donors (Lipinski definition) is 1. The molecule has 1 amide bonds. The number of rotatable bonds is 5. The molecule has 3 aromatic rings. The molecule has 3 rings (SSSR count). The third-order valence-corrected chi connectivity index (χ3v) is 3.83. The summed E-state index contributed by atoms with van der Waals surface area (Å²) in [4.78, 5) is 32.8. The molecule has 8 nitrogen and oxygen atoms in total. The van der Waals surface area contributed by atoms with Gasteiger partial charge in [0.15, 0.2) is 0 Å². The summed E-state index contributed by atoms with van der Waals surface area (Å²) < 4.78 is 3.45. The van der Waals surface area contributed by atoms with Crippen LogP contribution in [0.2, 0.25) is 0 Å². The van der Waals surface area contributed by atoms with Gasteiger partial charge in [-0.2, -0.15) is 5.10 Å². The fourth-order valence-corrected chi connectivity index (χ4v) is 2.54. The average Bonchev–Trinajstić information content (AvgIpc) is 3.14. The Balaban J connectivity index is 1.69. The first-order valence-corrected chi connectivity index (χ1v) is 7.36. The van der Waals surface area contributed by atoms with Crippen LogP contribution in [0.4, 0.5) is 0 Å². The lowest BCUT2D eigenvalue weighted by atomic mass is 10.2. The van der Waals surface area contributed by atoms with E-state index >= 15 is 0 Å². The molecule has 0 aliphatic carbocycles. The van der Waals surface area contributed by atoms with Gasteiger partial charge < -0.3 is 14.5 Å². The lowest BCUT2D eigenvalue weighted by molar-refractivity contribution is 0.0793. The minimum atomic E-state index is -0.323. The van der Waals surface area contributed by atoms with E-state index in [-0.39, 0.29) is 17.0 Å². The van der Waals surface area contributed by atoms with Crippen molar-refractivity contribution in [1.82, 2.24) is 29.0 Å². The highest BCUT2D eigenvalue weighted by Gasteiger charge is 2.18. The normalized spacial score (nSPS) is 11.0. The van der Waals surface area contributed by atoms with Crippen LogP contribution in [0.15, 0.2) is 35.8 Å². The Bertz CT molecular complexity index is 891. The largest absolute Gasteiger partial charge is 0.342 e. The Kier molecular flexibility index (Phi) is 3.96. The van der Waals surface area contributed by atoms with Crippen molar-refractivity contribution in [2.45, 2.75) is 19.9 Å². The minimum Gasteiger partial charge on any atom is -0.342 e. The van der Waals surface area contributed by atoms with Crippen LogP contribution < -0.4 is 5.56 Å². The standard InChI is InChI=1S/C15H18N6O2/c1-11-16-4-8-20(11)7-3-6-19(2)15(23)12-10-18-21-9-5-17-14(22)13(12)21/h4-5,8-10H,3,6-7H2,1-2H3,(H,17,22). The van der Waals surface area contributed by atoms with E-state index in [4.69, 9.17) is 0 Å². The van der Waals surface area contributed by atoms with E-state index in [2.05, 4.69) is 15.1 Å². The lowest BCUT2D eigenvalue weighted by Gasteiger charge is -2.16. The van der Waals surface area contributed by atoms with Gasteiger partial charge in [-0.15, -0.1) is 0 Å². The molecule has 3 heterocycles. The molecule has 0 spiro atoms. The molecule has 3 aromatic heterocycles. The Hall–Kier alpha value is -2.90. The number of nitrogens with one attached hydrogen (secondary N) is 1. The molecule has 0 aliphatic rings. The van der Waals surface area contributed by atoms with Crippen LogP contribution in [0, 0.1) is 6.92 Å². The summed E-state index contributed by atoms with van der Waals surface area (Å²) in [6, 6.07) is 0. The van der Waals surface area contributed by atoms with Crippen molar-refractivity contribution in [2.75, 3.05) is 13.6 Å². The number of nitrogens with zero attached hydrogens (tertiary/aromatic N) is 5. The first-order valence-electron chi connectivity index (χ1n) is 7.36. The van der Waals surface area contributed by atoms with Crippen molar-refractivity contribution >= 4 is 11.4 Å². The Morgan fingerprint density at radius 2 is 2.22 bits per heavy atom. The lowest BCUT2D eigenvalue weighted by Crippen LogP contribution is -2.29. The number of fused-ring (bicyclic) bond motifs is 1. The fraction of sp³-hybridized carbons (Fsp3) is 0.333. The van der Waals surface area contributed by atoms with Gasteiger partial charge in [0.05, 0.1) is 11.8 Å². The van der Waals surface area contributed by atoms with Gasteiger partial charge in [0.1, 0.15) is 11.3 Å². The van der Waals surface area contributed by atoms with Crippen LogP contribution in [0.5, 0.6) is 0 Å². The second kappa shape index (κ2) is 6.07. The van der Waals surface area contributed by atoms with Crippen molar-refractivity contribution in [3.05, 3.63) is 52.7 Å². The smallest absolute Gasteiger partial charge is 0.274 e. The van der Waals surface area contributed by atoms with E-state index in [9.17, 15) is 9.59 Å². The molecule has 0 saturated carbocycles. The summed E-state index contributed by atoms with van der Waals surface area (Å²) in [5.41, 5.74) is 0.263. The third-order valence-electron chi connectivity index (χ3n) is 3.83. The number of hydrogen-bond acceptors (Lipinski definition) is 4. The summed E-state index contributed by atoms with van der Waals surface area (Å²) in [5, 5.41) is 4.05. The van der Waals surface area contributed by atoms with Crippen LogP contribution in [-0.4, -0.2) is 48.5 Å². The fourth-order valence-electron chi connectivity index (χ4n) is 2.54. The van der Waals surface area contributed by atoms with Gasteiger partial charge in [-0.1, -0.05) is 0 Å². The van der Waals surface area contributed by atoms with Crippen LogP contribution in [-0.2, 0) is 6.54 Å². The molecule has 0 bridgehead atoms. The van der Waals surface area contributed by atoms with Crippen LogP contribution in [0.25, 0.3) is 5.52 Å². The molecule has 1 N–H and O–H groups in total. The van der Waals surface area contributed by atoms with Gasteiger partial charge in [0.2, 0.25) is 0 Å². The summed E-state index contributed by atoms with van der Waals surface area (Å²) in [6.45, 7) is 3.32. The van der Waals surface area contributed by atoms with E-state index in [0.29, 0.717) is 12.1 Å². The summed E-state index contributed by atoms with van der Waals surface area (Å²) in [7, 11) is 1.73. The zero-order valence-electron chi connectivity index (χ0n) is 13.1. The SMILES string of the molecule is Cc1nccn1CCCN(C)C(=O)c1cnn2cc[nH]c(=O)c12. The highest BCUT2D eigenvalue weighted by molar-refractivity contribution is 6.00. The molecular weight excluding hydrogens is 296 g/mol. The summed E-state index contributed by atoms with van der Waals surface area (Å²) in [6.07, 6.45) is 9.01. The quantitative estimate of drug-likeness (QED) is 0.750. The number of carbonyl (C=O) groups excluding carboxylic acids is 1. The van der Waals surface area contributed by atoms with Crippen molar-refractivity contribution in [3.8, 4) is 0 Å². The van der Waals surface area contributed by atoms with Crippen LogP contribution >= 0.6 is 0 Å². The Labute approximate surface area is 132 Å². The Morgan fingerprint density at radius 1 is 1.39 bits per heavy atom. The number of H-pyrrole nitrogens is 1. The average molecular weight is 314 g/mol. The minimum absolute atomic E-state index is 0.209.